The first-order valence-electron chi connectivity index (χ1n) is 5.72. The molecule has 0 bridgehead atoms. The Morgan fingerprint density at radius 3 is 2.65 bits per heavy atom. The van der Waals surface area contributed by atoms with E-state index >= 15 is 0 Å². The summed E-state index contributed by atoms with van der Waals surface area (Å²) in [4.78, 5) is 14.3. The van der Waals surface area contributed by atoms with E-state index in [0.29, 0.717) is 21.7 Å². The van der Waals surface area contributed by atoms with Crippen LogP contribution in [0.25, 0.3) is 0 Å². The lowest BCUT2D eigenvalue weighted by atomic mass is 10.2. The number of pyridine rings is 1. The van der Waals surface area contributed by atoms with Crippen LogP contribution in [0.3, 0.4) is 0 Å². The van der Waals surface area contributed by atoms with Gasteiger partial charge in [0.25, 0.3) is 5.69 Å². The number of nitro benzene ring substituents is 1. The second kappa shape index (κ2) is 5.98. The van der Waals surface area contributed by atoms with E-state index in [1.807, 2.05) is 0 Å². The third kappa shape index (κ3) is 3.52. The maximum Gasteiger partial charge on any atom is 0.274 e. The van der Waals surface area contributed by atoms with Gasteiger partial charge in [-0.1, -0.05) is 15.9 Å². The molecular formula is C13H11BrN2O4. The fraction of sp³-hybridized carbons (Fsp3) is 0.154. The molecule has 1 aromatic heterocycles. The largest absolute Gasteiger partial charge is 0.455 e. The van der Waals surface area contributed by atoms with Gasteiger partial charge in [-0.15, -0.1) is 0 Å². The highest BCUT2D eigenvalue weighted by molar-refractivity contribution is 9.10. The average molecular weight is 339 g/mol. The van der Waals surface area contributed by atoms with E-state index < -0.39 is 11.0 Å². The molecular weight excluding hydrogens is 328 g/mol. The van der Waals surface area contributed by atoms with Crippen molar-refractivity contribution >= 4 is 21.6 Å². The number of nitro groups is 1. The van der Waals surface area contributed by atoms with Crippen molar-refractivity contribution < 1.29 is 14.8 Å². The van der Waals surface area contributed by atoms with Gasteiger partial charge in [0.05, 0.1) is 29.0 Å². The van der Waals surface area contributed by atoms with Gasteiger partial charge in [0.1, 0.15) is 11.5 Å². The molecule has 0 saturated carbocycles. The van der Waals surface area contributed by atoms with Crippen molar-refractivity contribution in [3.63, 3.8) is 0 Å². The average Bonchev–Trinajstić information content (AvgIpc) is 2.38. The van der Waals surface area contributed by atoms with E-state index in [4.69, 9.17) is 4.74 Å². The maximum absolute atomic E-state index is 10.8. The van der Waals surface area contributed by atoms with Gasteiger partial charge in [0.2, 0.25) is 0 Å². The van der Waals surface area contributed by atoms with Crippen LogP contribution in [0.4, 0.5) is 5.69 Å². The number of aliphatic hydroxyl groups excluding tert-OH is 1. The highest BCUT2D eigenvalue weighted by Gasteiger charge is 2.10. The topological polar surface area (TPSA) is 85.5 Å². The van der Waals surface area contributed by atoms with E-state index in [0.717, 1.165) is 0 Å². The highest BCUT2D eigenvalue weighted by Crippen LogP contribution is 2.29. The Labute approximate surface area is 123 Å². The van der Waals surface area contributed by atoms with Crippen molar-refractivity contribution in [1.29, 1.82) is 0 Å². The Bertz CT molecular complexity index is 629. The van der Waals surface area contributed by atoms with Crippen LogP contribution in [0.5, 0.6) is 11.5 Å². The summed E-state index contributed by atoms with van der Waals surface area (Å²) in [5.74, 6) is 0.763. The summed E-state index contributed by atoms with van der Waals surface area (Å²) in [5, 5.41) is 20.1. The molecule has 0 spiro atoms. The highest BCUT2D eigenvalue weighted by atomic mass is 79.9. The number of non-ortho nitro benzene ring substituents is 1. The number of nitrogens with zero attached hydrogens (tertiary/aromatic N) is 2. The van der Waals surface area contributed by atoms with Gasteiger partial charge >= 0.3 is 0 Å². The molecule has 2 aromatic rings. The molecule has 1 aromatic carbocycles. The predicted octanol–water partition coefficient (Wildman–Crippen LogP) is 3.60. The summed E-state index contributed by atoms with van der Waals surface area (Å²) in [7, 11) is 0. The molecule has 6 nitrogen and oxygen atoms in total. The zero-order chi connectivity index (χ0) is 14.7. The van der Waals surface area contributed by atoms with Crippen molar-refractivity contribution in [2.45, 2.75) is 13.0 Å². The zero-order valence-corrected chi connectivity index (χ0v) is 12.1. The van der Waals surface area contributed by atoms with Crippen LogP contribution in [-0.2, 0) is 0 Å². The van der Waals surface area contributed by atoms with E-state index in [1.54, 1.807) is 25.1 Å². The molecule has 2 rings (SSSR count). The molecule has 1 N–H and O–H groups in total. The minimum atomic E-state index is -0.656. The number of aromatic nitrogens is 1. The smallest absolute Gasteiger partial charge is 0.274 e. The van der Waals surface area contributed by atoms with Crippen LogP contribution >= 0.6 is 15.9 Å². The normalized spacial score (nSPS) is 11.9. The molecule has 0 aliphatic rings. The molecule has 1 heterocycles. The standard InChI is InChI=1S/C13H11BrN2O4/c1-8(17)13-3-2-11(7-15-13)20-12-5-9(14)4-10(6-12)16(18)19/h2-8,17H,1H3/t8-/m0/s1. The van der Waals surface area contributed by atoms with E-state index in [9.17, 15) is 15.2 Å². The van der Waals surface area contributed by atoms with Gasteiger partial charge < -0.3 is 9.84 Å². The van der Waals surface area contributed by atoms with Crippen LogP contribution < -0.4 is 4.74 Å². The van der Waals surface area contributed by atoms with E-state index in [2.05, 4.69) is 20.9 Å². The number of benzene rings is 1. The van der Waals surface area contributed by atoms with Gasteiger partial charge in [-0.05, 0) is 25.1 Å². The Balaban J connectivity index is 2.23. The van der Waals surface area contributed by atoms with Crippen LogP contribution in [0.2, 0.25) is 0 Å². The molecule has 0 saturated heterocycles. The fourth-order valence-corrected chi connectivity index (χ4v) is 2.01. The summed E-state index contributed by atoms with van der Waals surface area (Å²) in [5.41, 5.74) is 0.459. The van der Waals surface area contributed by atoms with Gasteiger partial charge in [0.15, 0.2) is 0 Å². The van der Waals surface area contributed by atoms with Crippen molar-refractivity contribution in [2.24, 2.45) is 0 Å². The van der Waals surface area contributed by atoms with Crippen molar-refractivity contribution in [2.75, 3.05) is 0 Å². The number of hydrogen-bond acceptors (Lipinski definition) is 5. The first kappa shape index (κ1) is 14.4. The molecule has 0 aliphatic carbocycles. The van der Waals surface area contributed by atoms with Crippen molar-refractivity contribution in [3.05, 3.63) is 56.8 Å². The monoisotopic (exact) mass is 338 g/mol. The molecule has 0 aliphatic heterocycles. The molecule has 0 radical (unpaired) electrons. The second-order valence-electron chi connectivity index (χ2n) is 4.10. The van der Waals surface area contributed by atoms with E-state index in [1.165, 1.54) is 18.3 Å². The molecule has 0 amide bonds. The minimum Gasteiger partial charge on any atom is -0.455 e. The van der Waals surface area contributed by atoms with Gasteiger partial charge in [-0.25, -0.2) is 0 Å². The van der Waals surface area contributed by atoms with Gasteiger partial charge in [-0.2, -0.15) is 0 Å². The number of halogens is 1. The lowest BCUT2D eigenvalue weighted by molar-refractivity contribution is -0.385. The quantitative estimate of drug-likeness (QED) is 0.679. The summed E-state index contributed by atoms with van der Waals surface area (Å²) in [6.07, 6.45) is 0.797. The Morgan fingerprint density at radius 2 is 2.10 bits per heavy atom. The second-order valence-corrected chi connectivity index (χ2v) is 5.01. The molecule has 104 valence electrons. The van der Waals surface area contributed by atoms with Crippen LogP contribution in [0.15, 0.2) is 41.0 Å². The SMILES string of the molecule is C[C@H](O)c1ccc(Oc2cc(Br)cc([N+](=O)[O-])c2)cn1. The third-order valence-corrected chi connectivity index (χ3v) is 2.95. The fourth-order valence-electron chi connectivity index (χ4n) is 1.55. The van der Waals surface area contributed by atoms with E-state index in [-0.39, 0.29) is 5.69 Å². The molecule has 7 heteroatoms. The van der Waals surface area contributed by atoms with Gasteiger partial charge in [-0.3, -0.25) is 15.1 Å². The maximum atomic E-state index is 10.8. The molecule has 1 atom stereocenters. The minimum absolute atomic E-state index is 0.0667. The van der Waals surface area contributed by atoms with Crippen LogP contribution in [0.1, 0.15) is 18.7 Å². The number of rotatable bonds is 4. The first-order chi connectivity index (χ1) is 9.45. The summed E-state index contributed by atoms with van der Waals surface area (Å²) < 4.78 is 6.06. The zero-order valence-electron chi connectivity index (χ0n) is 10.5. The Morgan fingerprint density at radius 1 is 1.35 bits per heavy atom. The predicted molar refractivity (Wildman–Crippen MR) is 75.7 cm³/mol. The summed E-state index contributed by atoms with van der Waals surface area (Å²) in [6, 6.07) is 7.61. The third-order valence-electron chi connectivity index (χ3n) is 2.49. The lowest BCUT2D eigenvalue weighted by Gasteiger charge is -2.07. The summed E-state index contributed by atoms with van der Waals surface area (Å²) in [6.45, 7) is 1.61. The van der Waals surface area contributed by atoms with Crippen LogP contribution in [0, 0.1) is 10.1 Å². The Hall–Kier alpha value is -1.99. The number of aliphatic hydroxyl groups is 1. The van der Waals surface area contributed by atoms with Crippen molar-refractivity contribution in [1.82, 2.24) is 4.98 Å². The Kier molecular flexibility index (Phi) is 4.31. The van der Waals surface area contributed by atoms with Crippen molar-refractivity contribution in [3.8, 4) is 11.5 Å². The molecule has 0 fully saturated rings. The summed E-state index contributed by atoms with van der Waals surface area (Å²) >= 11 is 3.19. The van der Waals surface area contributed by atoms with Crippen LogP contribution in [-0.4, -0.2) is 15.0 Å². The molecule has 0 unspecified atom stereocenters. The first-order valence-corrected chi connectivity index (χ1v) is 6.52. The number of ether oxygens (including phenoxy) is 1. The molecule has 20 heavy (non-hydrogen) atoms. The lowest BCUT2D eigenvalue weighted by Crippen LogP contribution is -1.95. The number of hydrogen-bond donors (Lipinski definition) is 1. The van der Waals surface area contributed by atoms with Gasteiger partial charge in [0, 0.05) is 10.5 Å².